The molecule has 0 saturated carbocycles. The SMILES string of the molecule is Cc1cc(NC(=O)c2c(C)cccc2C)ccc1N. The number of benzene rings is 2. The van der Waals surface area contributed by atoms with Crippen molar-refractivity contribution in [1.29, 1.82) is 0 Å². The molecule has 0 unspecified atom stereocenters. The molecular weight excluding hydrogens is 236 g/mol. The molecule has 98 valence electrons. The fourth-order valence-corrected chi connectivity index (χ4v) is 2.12. The summed E-state index contributed by atoms with van der Waals surface area (Å²) in [6, 6.07) is 11.3. The molecule has 0 saturated heterocycles. The van der Waals surface area contributed by atoms with Crippen LogP contribution in [0.25, 0.3) is 0 Å². The Morgan fingerprint density at radius 3 is 2.21 bits per heavy atom. The van der Waals surface area contributed by atoms with Crippen molar-refractivity contribution < 1.29 is 4.79 Å². The number of aryl methyl sites for hydroxylation is 3. The van der Waals surface area contributed by atoms with E-state index in [9.17, 15) is 4.79 Å². The average molecular weight is 254 g/mol. The number of nitrogens with one attached hydrogen (secondary N) is 1. The highest BCUT2D eigenvalue weighted by molar-refractivity contribution is 6.06. The lowest BCUT2D eigenvalue weighted by Crippen LogP contribution is -2.15. The molecule has 0 aliphatic carbocycles. The molecule has 3 N–H and O–H groups in total. The Bertz CT molecular complexity index is 612. The van der Waals surface area contributed by atoms with E-state index in [0.717, 1.165) is 33.6 Å². The molecule has 0 aliphatic rings. The van der Waals surface area contributed by atoms with E-state index in [0.29, 0.717) is 0 Å². The molecular formula is C16H18N2O. The molecule has 19 heavy (non-hydrogen) atoms. The van der Waals surface area contributed by atoms with E-state index in [-0.39, 0.29) is 5.91 Å². The van der Waals surface area contributed by atoms with Crippen molar-refractivity contribution in [3.63, 3.8) is 0 Å². The summed E-state index contributed by atoms with van der Waals surface area (Å²) in [4.78, 5) is 12.3. The third kappa shape index (κ3) is 2.76. The maximum atomic E-state index is 12.3. The largest absolute Gasteiger partial charge is 0.399 e. The Kier molecular flexibility index (Phi) is 3.56. The minimum absolute atomic E-state index is 0.0835. The molecule has 0 aromatic heterocycles. The van der Waals surface area contributed by atoms with Crippen LogP contribution in [0.15, 0.2) is 36.4 Å². The number of nitrogens with two attached hydrogens (primary N) is 1. The van der Waals surface area contributed by atoms with Gasteiger partial charge in [-0.15, -0.1) is 0 Å². The van der Waals surface area contributed by atoms with Crippen molar-refractivity contribution >= 4 is 17.3 Å². The molecule has 0 radical (unpaired) electrons. The highest BCUT2D eigenvalue weighted by Crippen LogP contribution is 2.19. The number of anilines is 2. The maximum absolute atomic E-state index is 12.3. The summed E-state index contributed by atoms with van der Waals surface area (Å²) in [5, 5.41) is 2.91. The van der Waals surface area contributed by atoms with Crippen LogP contribution in [0.5, 0.6) is 0 Å². The van der Waals surface area contributed by atoms with Gasteiger partial charge in [0.15, 0.2) is 0 Å². The Balaban J connectivity index is 2.28. The third-order valence-electron chi connectivity index (χ3n) is 3.24. The molecule has 0 heterocycles. The standard InChI is InChI=1S/C16H18N2O/c1-10-5-4-6-11(2)15(10)16(19)18-13-7-8-14(17)12(3)9-13/h4-9H,17H2,1-3H3,(H,18,19). The van der Waals surface area contributed by atoms with Gasteiger partial charge in [0, 0.05) is 16.9 Å². The minimum atomic E-state index is -0.0835. The van der Waals surface area contributed by atoms with Gasteiger partial charge in [-0.1, -0.05) is 18.2 Å². The maximum Gasteiger partial charge on any atom is 0.256 e. The van der Waals surface area contributed by atoms with Gasteiger partial charge in [0.25, 0.3) is 5.91 Å². The van der Waals surface area contributed by atoms with E-state index < -0.39 is 0 Å². The van der Waals surface area contributed by atoms with Gasteiger partial charge in [0.2, 0.25) is 0 Å². The Morgan fingerprint density at radius 2 is 1.63 bits per heavy atom. The first kappa shape index (κ1) is 13.1. The van der Waals surface area contributed by atoms with Gasteiger partial charge in [-0.2, -0.15) is 0 Å². The normalized spacial score (nSPS) is 10.3. The van der Waals surface area contributed by atoms with Crippen LogP contribution in [-0.4, -0.2) is 5.91 Å². The van der Waals surface area contributed by atoms with Crippen molar-refractivity contribution in [3.05, 3.63) is 58.7 Å². The summed E-state index contributed by atoms with van der Waals surface area (Å²) in [5.41, 5.74) is 10.9. The molecule has 0 spiro atoms. The quantitative estimate of drug-likeness (QED) is 0.806. The van der Waals surface area contributed by atoms with Crippen molar-refractivity contribution in [2.45, 2.75) is 20.8 Å². The number of amides is 1. The van der Waals surface area contributed by atoms with Crippen LogP contribution in [0.4, 0.5) is 11.4 Å². The monoisotopic (exact) mass is 254 g/mol. The van der Waals surface area contributed by atoms with E-state index in [1.54, 1.807) is 6.07 Å². The number of carbonyl (C=O) groups excluding carboxylic acids is 1. The van der Waals surface area contributed by atoms with Crippen LogP contribution in [0, 0.1) is 20.8 Å². The molecule has 1 amide bonds. The van der Waals surface area contributed by atoms with Crippen LogP contribution >= 0.6 is 0 Å². The van der Waals surface area contributed by atoms with Gasteiger partial charge >= 0.3 is 0 Å². The molecule has 0 aliphatic heterocycles. The van der Waals surface area contributed by atoms with Crippen molar-refractivity contribution in [2.75, 3.05) is 11.1 Å². The second-order valence-corrected chi connectivity index (χ2v) is 4.79. The van der Waals surface area contributed by atoms with Crippen molar-refractivity contribution in [3.8, 4) is 0 Å². The van der Waals surface area contributed by atoms with Crippen LogP contribution in [0.2, 0.25) is 0 Å². The number of carbonyl (C=O) groups is 1. The lowest BCUT2D eigenvalue weighted by Gasteiger charge is -2.11. The first-order chi connectivity index (χ1) is 8.99. The van der Waals surface area contributed by atoms with Crippen molar-refractivity contribution in [1.82, 2.24) is 0 Å². The Labute approximate surface area is 113 Å². The summed E-state index contributed by atoms with van der Waals surface area (Å²) in [6.45, 7) is 5.80. The number of hydrogen-bond acceptors (Lipinski definition) is 2. The average Bonchev–Trinajstić information content (AvgIpc) is 2.33. The summed E-state index contributed by atoms with van der Waals surface area (Å²) in [7, 11) is 0. The topological polar surface area (TPSA) is 55.1 Å². The smallest absolute Gasteiger partial charge is 0.256 e. The van der Waals surface area contributed by atoms with E-state index in [1.807, 2.05) is 51.1 Å². The van der Waals surface area contributed by atoms with E-state index in [1.165, 1.54) is 0 Å². The first-order valence-corrected chi connectivity index (χ1v) is 6.22. The first-order valence-electron chi connectivity index (χ1n) is 6.22. The minimum Gasteiger partial charge on any atom is -0.399 e. The van der Waals surface area contributed by atoms with Gasteiger partial charge in [0.05, 0.1) is 0 Å². The molecule has 0 atom stereocenters. The van der Waals surface area contributed by atoms with E-state index in [2.05, 4.69) is 5.32 Å². The molecule has 2 aromatic rings. The summed E-state index contributed by atoms with van der Waals surface area (Å²) in [5.74, 6) is -0.0835. The van der Waals surface area contributed by atoms with Gasteiger partial charge in [-0.05, 0) is 55.7 Å². The van der Waals surface area contributed by atoms with Gasteiger partial charge in [-0.3, -0.25) is 4.79 Å². The second-order valence-electron chi connectivity index (χ2n) is 4.79. The fraction of sp³-hybridized carbons (Fsp3) is 0.188. The van der Waals surface area contributed by atoms with Crippen LogP contribution < -0.4 is 11.1 Å². The Morgan fingerprint density at radius 1 is 1.00 bits per heavy atom. The van der Waals surface area contributed by atoms with Gasteiger partial charge in [-0.25, -0.2) is 0 Å². The highest BCUT2D eigenvalue weighted by atomic mass is 16.1. The van der Waals surface area contributed by atoms with Crippen molar-refractivity contribution in [2.24, 2.45) is 0 Å². The van der Waals surface area contributed by atoms with E-state index in [4.69, 9.17) is 5.73 Å². The zero-order chi connectivity index (χ0) is 14.0. The third-order valence-corrected chi connectivity index (χ3v) is 3.24. The van der Waals surface area contributed by atoms with Crippen LogP contribution in [0.1, 0.15) is 27.0 Å². The van der Waals surface area contributed by atoms with Gasteiger partial charge in [0.1, 0.15) is 0 Å². The number of rotatable bonds is 2. The molecule has 0 fully saturated rings. The second kappa shape index (κ2) is 5.14. The predicted octanol–water partition coefficient (Wildman–Crippen LogP) is 3.45. The Hall–Kier alpha value is -2.29. The zero-order valence-corrected chi connectivity index (χ0v) is 11.4. The molecule has 3 heteroatoms. The van der Waals surface area contributed by atoms with Gasteiger partial charge < -0.3 is 11.1 Å². The number of hydrogen-bond donors (Lipinski definition) is 2. The molecule has 2 rings (SSSR count). The predicted molar refractivity (Wildman–Crippen MR) is 79.5 cm³/mol. The van der Waals surface area contributed by atoms with E-state index >= 15 is 0 Å². The lowest BCUT2D eigenvalue weighted by molar-refractivity contribution is 0.102. The number of nitrogen functional groups attached to an aromatic ring is 1. The van der Waals surface area contributed by atoms with Crippen LogP contribution in [-0.2, 0) is 0 Å². The molecule has 0 bridgehead atoms. The highest BCUT2D eigenvalue weighted by Gasteiger charge is 2.12. The summed E-state index contributed by atoms with van der Waals surface area (Å²) >= 11 is 0. The molecule has 2 aromatic carbocycles. The summed E-state index contributed by atoms with van der Waals surface area (Å²) < 4.78 is 0. The van der Waals surface area contributed by atoms with Crippen LogP contribution in [0.3, 0.4) is 0 Å². The lowest BCUT2D eigenvalue weighted by atomic mass is 10.0. The summed E-state index contributed by atoms with van der Waals surface area (Å²) in [6.07, 6.45) is 0. The molecule has 3 nitrogen and oxygen atoms in total. The zero-order valence-electron chi connectivity index (χ0n) is 11.4. The fourth-order valence-electron chi connectivity index (χ4n) is 2.12.